The summed E-state index contributed by atoms with van der Waals surface area (Å²) in [5.41, 5.74) is 1.03. The van der Waals surface area contributed by atoms with Crippen LogP contribution in [0.5, 0.6) is 0 Å². The molecule has 1 amide bonds. The van der Waals surface area contributed by atoms with Crippen molar-refractivity contribution in [3.05, 3.63) is 35.9 Å². The lowest BCUT2D eigenvalue weighted by molar-refractivity contribution is -0.130. The third-order valence-corrected chi connectivity index (χ3v) is 3.16. The summed E-state index contributed by atoms with van der Waals surface area (Å²) in [5, 5.41) is 6.46. The first kappa shape index (κ1) is 19.0. The van der Waals surface area contributed by atoms with Gasteiger partial charge in [-0.3, -0.25) is 4.79 Å². The fourth-order valence-corrected chi connectivity index (χ4v) is 2.09. The van der Waals surface area contributed by atoms with Gasteiger partial charge in [0.15, 0.2) is 5.96 Å². The second-order valence-electron chi connectivity index (χ2n) is 6.46. The van der Waals surface area contributed by atoms with Crippen LogP contribution in [0.25, 0.3) is 0 Å². The Morgan fingerprint density at radius 3 is 2.35 bits per heavy atom. The number of hydrogen-bond donors (Lipinski definition) is 2. The second-order valence-corrected chi connectivity index (χ2v) is 6.46. The topological polar surface area (TPSA) is 56.7 Å². The molecule has 0 unspecified atom stereocenters. The molecule has 0 fully saturated rings. The number of guanidine groups is 1. The van der Waals surface area contributed by atoms with Crippen molar-refractivity contribution >= 4 is 11.9 Å². The van der Waals surface area contributed by atoms with Crippen molar-refractivity contribution in [3.8, 4) is 0 Å². The van der Waals surface area contributed by atoms with Gasteiger partial charge in [0.2, 0.25) is 5.91 Å². The molecule has 0 saturated carbocycles. The van der Waals surface area contributed by atoms with Crippen LogP contribution in [-0.2, 0) is 11.3 Å². The van der Waals surface area contributed by atoms with Crippen molar-refractivity contribution in [2.45, 2.75) is 46.7 Å². The van der Waals surface area contributed by atoms with E-state index in [2.05, 4.69) is 36.4 Å². The highest BCUT2D eigenvalue weighted by molar-refractivity contribution is 5.85. The van der Waals surface area contributed by atoms with Gasteiger partial charge in [0.25, 0.3) is 0 Å². The summed E-state index contributed by atoms with van der Waals surface area (Å²) in [6.45, 7) is 12.4. The predicted octanol–water partition coefficient (Wildman–Crippen LogP) is 2.39. The van der Waals surface area contributed by atoms with Crippen molar-refractivity contribution < 1.29 is 4.79 Å². The summed E-state index contributed by atoms with van der Waals surface area (Å²) in [4.78, 5) is 18.6. The first-order valence-corrected chi connectivity index (χ1v) is 8.24. The first-order chi connectivity index (χ1) is 10.9. The summed E-state index contributed by atoms with van der Waals surface area (Å²) >= 11 is 0. The molecule has 0 heterocycles. The van der Waals surface area contributed by atoms with Crippen LogP contribution in [-0.4, -0.2) is 41.9 Å². The van der Waals surface area contributed by atoms with Gasteiger partial charge in [-0.15, -0.1) is 0 Å². The van der Waals surface area contributed by atoms with Gasteiger partial charge in [-0.05, 0) is 40.2 Å². The number of carbonyl (C=O) groups is 1. The minimum absolute atomic E-state index is 0.0301. The highest BCUT2D eigenvalue weighted by Gasteiger charge is 2.14. The summed E-state index contributed by atoms with van der Waals surface area (Å²) in [6.07, 6.45) is 0. The third kappa shape index (κ3) is 7.68. The van der Waals surface area contributed by atoms with E-state index < -0.39 is 0 Å². The van der Waals surface area contributed by atoms with Crippen molar-refractivity contribution in [2.24, 2.45) is 4.99 Å². The molecule has 23 heavy (non-hydrogen) atoms. The lowest BCUT2D eigenvalue weighted by Gasteiger charge is -2.24. The van der Waals surface area contributed by atoms with E-state index >= 15 is 0 Å². The zero-order valence-electron chi connectivity index (χ0n) is 15.0. The monoisotopic (exact) mass is 318 g/mol. The van der Waals surface area contributed by atoms with Crippen LogP contribution >= 0.6 is 0 Å². The van der Waals surface area contributed by atoms with E-state index in [1.54, 1.807) is 0 Å². The number of hydrogen-bond acceptors (Lipinski definition) is 2. The normalized spacial score (nSPS) is 12.0. The van der Waals surface area contributed by atoms with Gasteiger partial charge in [-0.25, -0.2) is 4.99 Å². The van der Waals surface area contributed by atoms with Gasteiger partial charge < -0.3 is 15.5 Å². The fraction of sp³-hybridized carbons (Fsp3) is 0.556. The summed E-state index contributed by atoms with van der Waals surface area (Å²) < 4.78 is 0. The van der Waals surface area contributed by atoms with Gasteiger partial charge in [0.05, 0.1) is 0 Å². The molecule has 0 aromatic heterocycles. The first-order valence-electron chi connectivity index (χ1n) is 8.24. The van der Waals surface area contributed by atoms with Crippen LogP contribution in [0.1, 0.15) is 40.2 Å². The molecule has 1 aromatic rings. The number of rotatable bonds is 6. The SMILES string of the molecule is CCNC(=NCC(=O)N(CC)Cc1ccccc1)NC(C)(C)C. The van der Waals surface area contributed by atoms with Crippen LogP contribution in [0, 0.1) is 0 Å². The molecule has 0 atom stereocenters. The van der Waals surface area contributed by atoms with E-state index in [0.717, 1.165) is 12.1 Å². The van der Waals surface area contributed by atoms with E-state index in [1.807, 2.05) is 49.1 Å². The maximum Gasteiger partial charge on any atom is 0.244 e. The minimum atomic E-state index is -0.0987. The zero-order chi connectivity index (χ0) is 17.3. The lowest BCUT2D eigenvalue weighted by atomic mass is 10.1. The van der Waals surface area contributed by atoms with Gasteiger partial charge in [-0.1, -0.05) is 30.3 Å². The Hall–Kier alpha value is -2.04. The van der Waals surface area contributed by atoms with E-state index in [4.69, 9.17) is 0 Å². The second kappa shape index (κ2) is 9.18. The number of nitrogens with zero attached hydrogens (tertiary/aromatic N) is 2. The zero-order valence-corrected chi connectivity index (χ0v) is 15.0. The minimum Gasteiger partial charge on any atom is -0.357 e. The average molecular weight is 318 g/mol. The molecule has 0 aliphatic rings. The quantitative estimate of drug-likeness (QED) is 0.625. The van der Waals surface area contributed by atoms with Crippen LogP contribution < -0.4 is 10.6 Å². The van der Waals surface area contributed by atoms with Crippen LogP contribution in [0.3, 0.4) is 0 Å². The number of benzene rings is 1. The fourth-order valence-electron chi connectivity index (χ4n) is 2.09. The molecular formula is C18H30N4O. The Kier molecular flexibility index (Phi) is 7.59. The predicted molar refractivity (Wildman–Crippen MR) is 96.4 cm³/mol. The smallest absolute Gasteiger partial charge is 0.244 e. The summed E-state index contributed by atoms with van der Waals surface area (Å²) in [5.74, 6) is 0.701. The summed E-state index contributed by atoms with van der Waals surface area (Å²) in [6, 6.07) is 10.0. The number of carbonyl (C=O) groups excluding carboxylic acids is 1. The molecule has 0 aliphatic carbocycles. The number of amides is 1. The van der Waals surface area contributed by atoms with Crippen molar-refractivity contribution in [2.75, 3.05) is 19.6 Å². The Bertz CT molecular complexity index is 506. The standard InChI is InChI=1S/C18H30N4O/c1-6-19-17(21-18(3,4)5)20-13-16(23)22(7-2)14-15-11-9-8-10-12-15/h8-12H,6-7,13-14H2,1-5H3,(H2,19,20,21). The average Bonchev–Trinajstić information content (AvgIpc) is 2.50. The van der Waals surface area contributed by atoms with Crippen LogP contribution in [0.15, 0.2) is 35.3 Å². The third-order valence-electron chi connectivity index (χ3n) is 3.16. The van der Waals surface area contributed by atoms with Crippen molar-refractivity contribution in [1.82, 2.24) is 15.5 Å². The van der Waals surface area contributed by atoms with E-state index in [-0.39, 0.29) is 18.0 Å². The highest BCUT2D eigenvalue weighted by Crippen LogP contribution is 2.05. The van der Waals surface area contributed by atoms with Gasteiger partial charge in [-0.2, -0.15) is 0 Å². The molecule has 5 nitrogen and oxygen atoms in total. The Morgan fingerprint density at radius 1 is 1.17 bits per heavy atom. The molecule has 1 aromatic carbocycles. The molecule has 0 spiro atoms. The van der Waals surface area contributed by atoms with Gasteiger partial charge >= 0.3 is 0 Å². The lowest BCUT2D eigenvalue weighted by Crippen LogP contribution is -2.48. The number of nitrogens with one attached hydrogen (secondary N) is 2. The van der Waals surface area contributed by atoms with E-state index in [1.165, 1.54) is 0 Å². The number of likely N-dealkylation sites (N-methyl/N-ethyl adjacent to an activating group) is 1. The number of aliphatic imine (C=N–C) groups is 1. The summed E-state index contributed by atoms with van der Waals surface area (Å²) in [7, 11) is 0. The van der Waals surface area contributed by atoms with E-state index in [9.17, 15) is 4.79 Å². The Balaban J connectivity index is 2.68. The van der Waals surface area contributed by atoms with Crippen molar-refractivity contribution in [1.29, 1.82) is 0 Å². The van der Waals surface area contributed by atoms with E-state index in [0.29, 0.717) is 19.0 Å². The molecule has 0 bridgehead atoms. The van der Waals surface area contributed by atoms with Crippen LogP contribution in [0.2, 0.25) is 0 Å². The maximum atomic E-state index is 12.4. The molecule has 0 saturated heterocycles. The molecule has 2 N–H and O–H groups in total. The van der Waals surface area contributed by atoms with Crippen LogP contribution in [0.4, 0.5) is 0 Å². The van der Waals surface area contributed by atoms with Gasteiger partial charge in [0, 0.05) is 25.2 Å². The largest absolute Gasteiger partial charge is 0.357 e. The molecule has 128 valence electrons. The Morgan fingerprint density at radius 2 is 1.83 bits per heavy atom. The Labute approximate surface area is 140 Å². The molecule has 1 rings (SSSR count). The molecule has 5 heteroatoms. The molecular weight excluding hydrogens is 288 g/mol. The molecule has 0 radical (unpaired) electrons. The maximum absolute atomic E-state index is 12.4. The molecule has 0 aliphatic heterocycles. The van der Waals surface area contributed by atoms with Gasteiger partial charge in [0.1, 0.15) is 6.54 Å². The highest BCUT2D eigenvalue weighted by atomic mass is 16.2. The van der Waals surface area contributed by atoms with Crippen molar-refractivity contribution in [3.63, 3.8) is 0 Å².